The molecule has 0 amide bonds. The van der Waals surface area contributed by atoms with Gasteiger partial charge in [-0.05, 0) is 24.9 Å². The van der Waals surface area contributed by atoms with Crippen molar-refractivity contribution in [1.29, 1.82) is 0 Å². The van der Waals surface area contributed by atoms with Crippen molar-refractivity contribution < 1.29 is 9.90 Å². The average molecular weight is 269 g/mol. The van der Waals surface area contributed by atoms with Gasteiger partial charge < -0.3 is 10.4 Å². The van der Waals surface area contributed by atoms with E-state index in [-0.39, 0.29) is 5.56 Å². The highest BCUT2D eigenvalue weighted by Crippen LogP contribution is 2.06. The maximum atomic E-state index is 11.0. The lowest BCUT2D eigenvalue weighted by molar-refractivity contribution is 0.0694. The number of rotatable bonds is 8. The van der Waals surface area contributed by atoms with Crippen LogP contribution in [0.15, 0.2) is 12.5 Å². The number of nitrogens with one attached hydrogen (secondary N) is 1. The fraction of sp³-hybridized carbons (Fsp3) is 0.583. The van der Waals surface area contributed by atoms with Crippen molar-refractivity contribution in [2.75, 3.05) is 11.5 Å². The third kappa shape index (κ3) is 5.01. The summed E-state index contributed by atoms with van der Waals surface area (Å²) in [5, 5.41) is 12.3. The molecular weight excluding hydrogens is 250 g/mol. The number of nitrogens with zero attached hydrogens (tertiary/aromatic N) is 2. The number of aromatic nitrogens is 2. The SMILES string of the molecule is CCSCCC(C)NCc1ncncc1C(=O)O. The summed E-state index contributed by atoms with van der Waals surface area (Å²) in [6.07, 6.45) is 3.77. The molecular formula is C12H19N3O2S. The third-order valence-electron chi connectivity index (χ3n) is 2.54. The van der Waals surface area contributed by atoms with E-state index < -0.39 is 5.97 Å². The second-order valence-electron chi connectivity index (χ2n) is 3.96. The summed E-state index contributed by atoms with van der Waals surface area (Å²) >= 11 is 1.91. The largest absolute Gasteiger partial charge is 0.478 e. The normalized spacial score (nSPS) is 12.3. The zero-order chi connectivity index (χ0) is 13.4. The van der Waals surface area contributed by atoms with E-state index >= 15 is 0 Å². The van der Waals surface area contributed by atoms with Gasteiger partial charge in [-0.1, -0.05) is 6.92 Å². The molecule has 0 aliphatic heterocycles. The Morgan fingerprint density at radius 3 is 3.06 bits per heavy atom. The first-order chi connectivity index (χ1) is 8.65. The van der Waals surface area contributed by atoms with Gasteiger partial charge in [-0.2, -0.15) is 11.8 Å². The lowest BCUT2D eigenvalue weighted by atomic mass is 10.2. The smallest absolute Gasteiger partial charge is 0.339 e. The van der Waals surface area contributed by atoms with Crippen LogP contribution >= 0.6 is 11.8 Å². The van der Waals surface area contributed by atoms with Crippen molar-refractivity contribution in [3.05, 3.63) is 23.8 Å². The molecule has 18 heavy (non-hydrogen) atoms. The van der Waals surface area contributed by atoms with Crippen LogP contribution in [0.3, 0.4) is 0 Å². The van der Waals surface area contributed by atoms with E-state index in [0.717, 1.165) is 17.9 Å². The van der Waals surface area contributed by atoms with Crippen LogP contribution in [-0.4, -0.2) is 38.6 Å². The summed E-state index contributed by atoms with van der Waals surface area (Å²) in [4.78, 5) is 18.7. The summed E-state index contributed by atoms with van der Waals surface area (Å²) in [5.41, 5.74) is 0.702. The molecule has 1 heterocycles. The molecule has 0 saturated heterocycles. The van der Waals surface area contributed by atoms with Gasteiger partial charge in [-0.3, -0.25) is 0 Å². The van der Waals surface area contributed by atoms with E-state index in [1.807, 2.05) is 11.8 Å². The number of aromatic carboxylic acids is 1. The summed E-state index contributed by atoms with van der Waals surface area (Å²) in [6.45, 7) is 4.70. The summed E-state index contributed by atoms with van der Waals surface area (Å²) in [6, 6.07) is 0.348. The highest BCUT2D eigenvalue weighted by molar-refractivity contribution is 7.99. The van der Waals surface area contributed by atoms with E-state index in [2.05, 4.69) is 29.1 Å². The van der Waals surface area contributed by atoms with E-state index in [9.17, 15) is 4.79 Å². The first-order valence-corrected chi connectivity index (χ1v) is 7.14. The van der Waals surface area contributed by atoms with Gasteiger partial charge >= 0.3 is 5.97 Å². The Hall–Kier alpha value is -1.14. The Morgan fingerprint density at radius 2 is 2.39 bits per heavy atom. The van der Waals surface area contributed by atoms with Crippen LogP contribution in [0.4, 0.5) is 0 Å². The van der Waals surface area contributed by atoms with Gasteiger partial charge in [0.05, 0.1) is 5.69 Å². The molecule has 1 atom stereocenters. The zero-order valence-corrected chi connectivity index (χ0v) is 11.5. The van der Waals surface area contributed by atoms with Crippen LogP contribution in [0.1, 0.15) is 36.3 Å². The van der Waals surface area contributed by atoms with Gasteiger partial charge in [-0.15, -0.1) is 0 Å². The second-order valence-corrected chi connectivity index (χ2v) is 5.35. The topological polar surface area (TPSA) is 75.1 Å². The Morgan fingerprint density at radius 1 is 1.61 bits per heavy atom. The van der Waals surface area contributed by atoms with Crippen molar-refractivity contribution in [2.45, 2.75) is 32.9 Å². The number of carboxylic acid groups (broad SMARTS) is 1. The minimum atomic E-state index is -0.985. The highest BCUT2D eigenvalue weighted by Gasteiger charge is 2.11. The molecule has 2 N–H and O–H groups in total. The van der Waals surface area contributed by atoms with E-state index in [1.165, 1.54) is 12.5 Å². The first kappa shape index (κ1) is 14.9. The predicted molar refractivity (Wildman–Crippen MR) is 72.9 cm³/mol. The van der Waals surface area contributed by atoms with Gasteiger partial charge in [0.1, 0.15) is 11.9 Å². The lowest BCUT2D eigenvalue weighted by Gasteiger charge is -2.13. The van der Waals surface area contributed by atoms with Crippen LogP contribution in [0, 0.1) is 0 Å². The Balaban J connectivity index is 2.45. The molecule has 1 aromatic rings. The van der Waals surface area contributed by atoms with E-state index in [0.29, 0.717) is 18.3 Å². The molecule has 1 aromatic heterocycles. The molecule has 0 radical (unpaired) electrons. The van der Waals surface area contributed by atoms with Crippen molar-refractivity contribution in [3.63, 3.8) is 0 Å². The third-order valence-corrected chi connectivity index (χ3v) is 3.48. The Kier molecular flexibility index (Phi) is 6.67. The van der Waals surface area contributed by atoms with Crippen molar-refractivity contribution in [2.24, 2.45) is 0 Å². The molecule has 0 spiro atoms. The molecule has 6 heteroatoms. The van der Waals surface area contributed by atoms with Gasteiger partial charge in [0.15, 0.2) is 0 Å². The van der Waals surface area contributed by atoms with Gasteiger partial charge in [-0.25, -0.2) is 14.8 Å². The van der Waals surface area contributed by atoms with Crippen LogP contribution < -0.4 is 5.32 Å². The summed E-state index contributed by atoms with van der Waals surface area (Å²) < 4.78 is 0. The van der Waals surface area contributed by atoms with Crippen LogP contribution in [0.5, 0.6) is 0 Å². The van der Waals surface area contributed by atoms with Crippen molar-refractivity contribution in [3.8, 4) is 0 Å². The van der Waals surface area contributed by atoms with E-state index in [1.54, 1.807) is 0 Å². The Labute approximate surface area is 111 Å². The fourth-order valence-electron chi connectivity index (χ4n) is 1.45. The van der Waals surface area contributed by atoms with Gasteiger partial charge in [0.2, 0.25) is 0 Å². The Bertz CT molecular complexity index is 387. The number of hydrogen-bond acceptors (Lipinski definition) is 5. The van der Waals surface area contributed by atoms with Crippen molar-refractivity contribution >= 4 is 17.7 Å². The second kappa shape index (κ2) is 8.05. The standard InChI is InChI=1S/C12H19N3O2S/c1-3-18-5-4-9(2)14-7-11-10(12(16)17)6-13-8-15-11/h6,8-9,14H,3-5,7H2,1-2H3,(H,16,17). The molecule has 0 bridgehead atoms. The first-order valence-electron chi connectivity index (χ1n) is 5.98. The number of carbonyl (C=O) groups is 1. The molecule has 100 valence electrons. The molecule has 0 saturated carbocycles. The average Bonchev–Trinajstić information content (AvgIpc) is 2.37. The minimum Gasteiger partial charge on any atom is -0.478 e. The molecule has 0 aromatic carbocycles. The van der Waals surface area contributed by atoms with Gasteiger partial charge in [0, 0.05) is 18.8 Å². The van der Waals surface area contributed by atoms with E-state index in [4.69, 9.17) is 5.11 Å². The summed E-state index contributed by atoms with van der Waals surface area (Å²) in [5.74, 6) is 1.25. The number of thioether (sulfide) groups is 1. The number of carboxylic acids is 1. The molecule has 0 aliphatic carbocycles. The van der Waals surface area contributed by atoms with Crippen LogP contribution in [-0.2, 0) is 6.54 Å². The monoisotopic (exact) mass is 269 g/mol. The molecule has 0 aliphatic rings. The van der Waals surface area contributed by atoms with Crippen LogP contribution in [0.2, 0.25) is 0 Å². The quantitative estimate of drug-likeness (QED) is 0.701. The maximum absolute atomic E-state index is 11.0. The molecule has 0 fully saturated rings. The zero-order valence-electron chi connectivity index (χ0n) is 10.7. The maximum Gasteiger partial charge on any atom is 0.339 e. The number of hydrogen-bond donors (Lipinski definition) is 2. The van der Waals surface area contributed by atoms with Gasteiger partial charge in [0.25, 0.3) is 0 Å². The molecule has 5 nitrogen and oxygen atoms in total. The van der Waals surface area contributed by atoms with Crippen molar-refractivity contribution in [1.82, 2.24) is 15.3 Å². The van der Waals surface area contributed by atoms with Crippen LogP contribution in [0.25, 0.3) is 0 Å². The lowest BCUT2D eigenvalue weighted by Crippen LogP contribution is -2.27. The fourth-order valence-corrected chi connectivity index (χ4v) is 2.26. The molecule has 1 rings (SSSR count). The molecule has 1 unspecified atom stereocenters. The summed E-state index contributed by atoms with van der Waals surface area (Å²) in [7, 11) is 0. The highest BCUT2D eigenvalue weighted by atomic mass is 32.2. The predicted octanol–water partition coefficient (Wildman–Crippen LogP) is 1.80. The minimum absolute atomic E-state index is 0.167.